The summed E-state index contributed by atoms with van der Waals surface area (Å²) in [5.74, 6) is 2.73. The lowest BCUT2D eigenvalue weighted by molar-refractivity contribution is 0.123. The molecule has 0 amide bonds. The molecule has 1 aliphatic heterocycles. The van der Waals surface area contributed by atoms with Gasteiger partial charge >= 0.3 is 0 Å². The van der Waals surface area contributed by atoms with Crippen LogP contribution in [-0.2, 0) is 4.74 Å². The summed E-state index contributed by atoms with van der Waals surface area (Å²) < 4.78 is 28.2. The quantitative estimate of drug-likeness (QED) is 0.624. The first-order chi connectivity index (χ1) is 13.7. The minimum Gasteiger partial charge on any atom is -0.493 e. The molecule has 28 heavy (non-hydrogen) atoms. The molecule has 0 spiro atoms. The van der Waals surface area contributed by atoms with Gasteiger partial charge in [0.15, 0.2) is 23.0 Å². The van der Waals surface area contributed by atoms with Gasteiger partial charge in [0, 0.05) is 34.9 Å². The van der Waals surface area contributed by atoms with Crippen molar-refractivity contribution in [2.24, 2.45) is 0 Å². The van der Waals surface area contributed by atoms with Crippen LogP contribution in [0.15, 0.2) is 30.3 Å². The smallest absolute Gasteiger partial charge is 0.169 e. The highest BCUT2D eigenvalue weighted by molar-refractivity contribution is 6.19. The Morgan fingerprint density at radius 1 is 0.750 bits per heavy atom. The maximum atomic E-state index is 5.81. The number of rotatable bonds is 5. The first-order valence-corrected chi connectivity index (χ1v) is 9.28. The van der Waals surface area contributed by atoms with Gasteiger partial charge in [-0.3, -0.25) is 0 Å². The molecule has 3 aromatic carbocycles. The molecule has 0 aliphatic carbocycles. The van der Waals surface area contributed by atoms with Gasteiger partial charge in [-0.25, -0.2) is 0 Å². The van der Waals surface area contributed by atoms with Crippen molar-refractivity contribution in [1.29, 1.82) is 0 Å². The van der Waals surface area contributed by atoms with Crippen molar-refractivity contribution >= 4 is 27.2 Å². The van der Waals surface area contributed by atoms with E-state index in [-0.39, 0.29) is 0 Å². The van der Waals surface area contributed by atoms with Crippen LogP contribution in [0.2, 0.25) is 0 Å². The number of nitrogens with zero attached hydrogens (tertiary/aromatic N) is 1. The van der Waals surface area contributed by atoms with Gasteiger partial charge in [-0.15, -0.1) is 0 Å². The highest BCUT2D eigenvalue weighted by Gasteiger charge is 2.23. The molecule has 0 saturated carbocycles. The number of fused-ring (bicyclic) bond motifs is 3. The average Bonchev–Trinajstić information content (AvgIpc) is 2.77. The summed E-state index contributed by atoms with van der Waals surface area (Å²) in [5.41, 5.74) is 1.15. The van der Waals surface area contributed by atoms with Gasteiger partial charge in [-0.2, -0.15) is 0 Å². The molecule has 1 heterocycles. The zero-order chi connectivity index (χ0) is 19.7. The van der Waals surface area contributed by atoms with E-state index in [9.17, 15) is 0 Å². The van der Waals surface area contributed by atoms with E-state index in [0.717, 1.165) is 53.5 Å². The number of methoxy groups -OCH3 is 4. The van der Waals surface area contributed by atoms with Gasteiger partial charge in [-0.05, 0) is 29.7 Å². The molecule has 6 heteroatoms. The molecule has 0 atom stereocenters. The Morgan fingerprint density at radius 2 is 1.36 bits per heavy atom. The van der Waals surface area contributed by atoms with Gasteiger partial charge in [-0.1, -0.05) is 6.07 Å². The number of anilines is 1. The van der Waals surface area contributed by atoms with Gasteiger partial charge in [0.05, 0.1) is 41.7 Å². The zero-order valence-corrected chi connectivity index (χ0v) is 16.7. The van der Waals surface area contributed by atoms with Crippen molar-refractivity contribution in [2.45, 2.75) is 0 Å². The SMILES string of the molecule is COc1ccc2cc(N3CCOCC3)c3ccc(OC)c(OC)c3c2c1OC. The summed E-state index contributed by atoms with van der Waals surface area (Å²) in [6.45, 7) is 3.14. The summed E-state index contributed by atoms with van der Waals surface area (Å²) in [7, 11) is 6.62. The van der Waals surface area contributed by atoms with Crippen LogP contribution in [0.4, 0.5) is 5.69 Å². The molecule has 0 radical (unpaired) electrons. The molecule has 148 valence electrons. The standard InChI is InChI=1S/C22H25NO5/c1-24-17-7-5-14-13-16(23-9-11-28-12-10-23)15-6-8-18(25-2)22(27-4)20(15)19(14)21(17)26-3/h5-8,13H,9-12H2,1-4H3. The van der Waals surface area contributed by atoms with Crippen molar-refractivity contribution in [3.8, 4) is 23.0 Å². The summed E-state index contributed by atoms with van der Waals surface area (Å²) in [5, 5.41) is 4.04. The number of benzene rings is 3. The van der Waals surface area contributed by atoms with Crippen LogP contribution >= 0.6 is 0 Å². The summed E-state index contributed by atoms with van der Waals surface area (Å²) >= 11 is 0. The van der Waals surface area contributed by atoms with Crippen LogP contribution in [0.3, 0.4) is 0 Å². The average molecular weight is 383 g/mol. The third kappa shape index (κ3) is 2.85. The Bertz CT molecular complexity index is 1010. The van der Waals surface area contributed by atoms with Gasteiger partial charge in [0.1, 0.15) is 0 Å². The Hall–Kier alpha value is -2.86. The second-order valence-corrected chi connectivity index (χ2v) is 6.62. The molecular weight excluding hydrogens is 358 g/mol. The first-order valence-electron chi connectivity index (χ1n) is 9.28. The number of hydrogen-bond donors (Lipinski definition) is 0. The molecule has 0 bridgehead atoms. The summed E-state index contributed by atoms with van der Waals surface area (Å²) in [6.07, 6.45) is 0. The summed E-state index contributed by atoms with van der Waals surface area (Å²) in [4.78, 5) is 2.36. The fourth-order valence-corrected chi connectivity index (χ4v) is 4.00. The predicted molar refractivity (Wildman–Crippen MR) is 111 cm³/mol. The normalized spacial score (nSPS) is 14.4. The largest absolute Gasteiger partial charge is 0.493 e. The van der Waals surface area contributed by atoms with E-state index in [1.54, 1.807) is 28.4 Å². The molecule has 1 aliphatic rings. The van der Waals surface area contributed by atoms with Crippen molar-refractivity contribution in [3.63, 3.8) is 0 Å². The molecule has 1 fully saturated rings. The maximum Gasteiger partial charge on any atom is 0.169 e. The third-order valence-electron chi connectivity index (χ3n) is 5.29. The van der Waals surface area contributed by atoms with E-state index < -0.39 is 0 Å². The molecule has 0 aromatic heterocycles. The van der Waals surface area contributed by atoms with Gasteiger partial charge in [0.25, 0.3) is 0 Å². The first kappa shape index (κ1) is 18.5. The van der Waals surface area contributed by atoms with Crippen LogP contribution in [0, 0.1) is 0 Å². The Labute approximate surface area is 164 Å². The van der Waals surface area contributed by atoms with Crippen molar-refractivity contribution in [1.82, 2.24) is 0 Å². The second kappa shape index (κ2) is 7.64. The number of ether oxygens (including phenoxy) is 5. The Kier molecular flexibility index (Phi) is 5.05. The van der Waals surface area contributed by atoms with Crippen LogP contribution in [0.1, 0.15) is 0 Å². The molecule has 4 rings (SSSR count). The molecular formula is C22H25NO5. The second-order valence-electron chi connectivity index (χ2n) is 6.62. The van der Waals surface area contributed by atoms with Crippen LogP contribution in [-0.4, -0.2) is 54.7 Å². The highest BCUT2D eigenvalue weighted by atomic mass is 16.5. The lowest BCUT2D eigenvalue weighted by atomic mass is 9.97. The molecule has 0 unspecified atom stereocenters. The number of morpholine rings is 1. The van der Waals surface area contributed by atoms with E-state index in [1.807, 2.05) is 12.1 Å². The van der Waals surface area contributed by atoms with E-state index >= 15 is 0 Å². The highest BCUT2D eigenvalue weighted by Crippen LogP contribution is 2.48. The molecule has 1 saturated heterocycles. The van der Waals surface area contributed by atoms with E-state index in [2.05, 4.69) is 23.1 Å². The lowest BCUT2D eigenvalue weighted by Gasteiger charge is -2.31. The van der Waals surface area contributed by atoms with Crippen molar-refractivity contribution < 1.29 is 23.7 Å². The fourth-order valence-electron chi connectivity index (χ4n) is 4.00. The van der Waals surface area contributed by atoms with Crippen LogP contribution in [0.5, 0.6) is 23.0 Å². The summed E-state index contributed by atoms with van der Waals surface area (Å²) in [6, 6.07) is 10.2. The van der Waals surface area contributed by atoms with Crippen LogP contribution < -0.4 is 23.8 Å². The minimum atomic E-state index is 0.681. The third-order valence-corrected chi connectivity index (χ3v) is 5.29. The van der Waals surface area contributed by atoms with E-state index in [1.165, 1.54) is 0 Å². The Balaban J connectivity index is 2.16. The van der Waals surface area contributed by atoms with Gasteiger partial charge < -0.3 is 28.6 Å². The topological polar surface area (TPSA) is 49.4 Å². The van der Waals surface area contributed by atoms with Crippen molar-refractivity contribution in [2.75, 3.05) is 59.6 Å². The number of hydrogen-bond acceptors (Lipinski definition) is 6. The minimum absolute atomic E-state index is 0.681. The van der Waals surface area contributed by atoms with E-state index in [4.69, 9.17) is 23.7 Å². The van der Waals surface area contributed by atoms with Crippen molar-refractivity contribution in [3.05, 3.63) is 30.3 Å². The molecule has 6 nitrogen and oxygen atoms in total. The predicted octanol–water partition coefficient (Wildman–Crippen LogP) is 3.86. The zero-order valence-electron chi connectivity index (χ0n) is 16.7. The molecule has 3 aromatic rings. The van der Waals surface area contributed by atoms with E-state index in [0.29, 0.717) is 23.0 Å². The van der Waals surface area contributed by atoms with Crippen LogP contribution in [0.25, 0.3) is 21.5 Å². The molecule has 0 N–H and O–H groups in total. The maximum absolute atomic E-state index is 5.81. The fraction of sp³-hybridized carbons (Fsp3) is 0.364. The lowest BCUT2D eigenvalue weighted by Crippen LogP contribution is -2.36. The monoisotopic (exact) mass is 383 g/mol. The van der Waals surface area contributed by atoms with Gasteiger partial charge in [0.2, 0.25) is 0 Å². The Morgan fingerprint density at radius 3 is 1.96 bits per heavy atom.